The van der Waals surface area contributed by atoms with Gasteiger partial charge in [0.15, 0.2) is 0 Å². The fraction of sp³-hybridized carbons (Fsp3) is 0.672. The van der Waals surface area contributed by atoms with Crippen molar-refractivity contribution in [2.24, 2.45) is 11.5 Å². The third-order valence-electron chi connectivity index (χ3n) is 15.0. The highest BCUT2D eigenvalue weighted by molar-refractivity contribution is 7.36. The van der Waals surface area contributed by atoms with E-state index in [-0.39, 0.29) is 79.4 Å². The lowest BCUT2D eigenvalue weighted by atomic mass is 9.94. The summed E-state index contributed by atoms with van der Waals surface area (Å²) in [6.45, 7) is 14.0. The van der Waals surface area contributed by atoms with Crippen molar-refractivity contribution in [3.8, 4) is 0 Å². The fourth-order valence-electron chi connectivity index (χ4n) is 10.5. The molecule has 6 unspecified atom stereocenters. The summed E-state index contributed by atoms with van der Waals surface area (Å²) in [6.07, 6.45) is 21.8. The van der Waals surface area contributed by atoms with Gasteiger partial charge in [-0.15, -0.1) is 0 Å². The van der Waals surface area contributed by atoms with Crippen LogP contribution in [0.4, 0.5) is 9.59 Å². The van der Waals surface area contributed by atoms with Crippen molar-refractivity contribution in [1.82, 2.24) is 51.3 Å². The molecule has 9 atom stereocenters. The highest BCUT2D eigenvalue weighted by atomic mass is 31.1. The molecule has 2 saturated carbocycles. The number of rotatable bonds is 21. The summed E-state index contributed by atoms with van der Waals surface area (Å²) in [5, 5.41) is 17.7. The normalized spacial score (nSPS) is 21.3. The van der Waals surface area contributed by atoms with Crippen LogP contribution in [0.3, 0.4) is 0 Å². The number of fused-ring (bicyclic) bond motifs is 1. The molecular weight excluding hydrogens is 1060 g/mol. The number of urea groups is 2. The van der Waals surface area contributed by atoms with Gasteiger partial charge in [-0.3, -0.25) is 28.8 Å². The summed E-state index contributed by atoms with van der Waals surface area (Å²) in [5.41, 5.74) is 10.0. The van der Waals surface area contributed by atoms with E-state index in [1.54, 1.807) is 30.7 Å². The molecule has 7 rings (SSSR count). The second-order valence-corrected chi connectivity index (χ2v) is 22.1. The summed E-state index contributed by atoms with van der Waals surface area (Å²) < 4.78 is 1.90. The number of hydrogen-bond acceptors (Lipinski definition) is 10. The first-order chi connectivity index (χ1) is 39.8. The zero-order valence-electron chi connectivity index (χ0n) is 51.1. The number of likely N-dealkylation sites (N-methyl/N-ethyl adjacent to an activating group) is 1. The molecule has 5 fully saturated rings. The summed E-state index contributed by atoms with van der Waals surface area (Å²) in [5.74, 6) is 0.0978. The van der Waals surface area contributed by atoms with Gasteiger partial charge in [0.25, 0.3) is 0 Å². The van der Waals surface area contributed by atoms with E-state index in [4.69, 9.17) is 4.79 Å². The monoisotopic (exact) mass is 1170 g/mol. The van der Waals surface area contributed by atoms with Gasteiger partial charge in [0, 0.05) is 75.3 Å². The predicted molar refractivity (Wildman–Crippen MR) is 332 cm³/mol. The number of primary amides is 1. The minimum absolute atomic E-state index is 0.0891. The third-order valence-corrected chi connectivity index (χ3v) is 16.5. The second kappa shape index (κ2) is 46.6. The van der Waals surface area contributed by atoms with Gasteiger partial charge in [0.05, 0.1) is 12.6 Å². The molecule has 10 N–H and O–H groups in total. The average molecular weight is 1170 g/mol. The number of carbonyl (C=O) groups is 8. The molecule has 21 heteroatoms. The van der Waals surface area contributed by atoms with E-state index in [1.165, 1.54) is 57.6 Å². The van der Waals surface area contributed by atoms with Gasteiger partial charge in [-0.05, 0) is 113 Å². The van der Waals surface area contributed by atoms with Gasteiger partial charge in [-0.2, -0.15) is 0 Å². The molecule has 0 spiro atoms. The number of unbranched alkanes of at least 4 members (excludes halogenated alkanes) is 3. The summed E-state index contributed by atoms with van der Waals surface area (Å²) in [6, 6.07) is 21.5. The maximum atomic E-state index is 13.3. The lowest BCUT2D eigenvalue weighted by Gasteiger charge is -2.36. The quantitative estimate of drug-likeness (QED) is 0.0361. The van der Waals surface area contributed by atoms with Crippen molar-refractivity contribution < 1.29 is 38.4 Å². The van der Waals surface area contributed by atoms with E-state index in [1.807, 2.05) is 79.7 Å². The van der Waals surface area contributed by atoms with Crippen LogP contribution < -0.4 is 43.4 Å². The van der Waals surface area contributed by atoms with Crippen LogP contribution in [-0.4, -0.2) is 170 Å². The molecule has 0 bridgehead atoms. The molecule has 3 saturated heterocycles. The lowest BCUT2D eigenvalue weighted by Crippen LogP contribution is -2.57. The van der Waals surface area contributed by atoms with Crippen molar-refractivity contribution in [3.05, 3.63) is 72.3 Å². The Morgan fingerprint density at radius 3 is 1.94 bits per heavy atom. The Morgan fingerprint density at radius 2 is 1.38 bits per heavy atom. The minimum Gasteiger partial charge on any atom is -0.372 e. The number of benzene rings is 2. The van der Waals surface area contributed by atoms with Crippen molar-refractivity contribution in [3.63, 3.8) is 0 Å². The maximum absolute atomic E-state index is 13.3. The largest absolute Gasteiger partial charge is 0.372 e. The first-order valence-corrected chi connectivity index (χ1v) is 31.6. The highest BCUT2D eigenvalue weighted by Gasteiger charge is 2.38. The molecule has 3 heterocycles. The second-order valence-electron chi connectivity index (χ2n) is 20.8. The number of likely N-dealkylation sites (tertiary alicyclic amines) is 1. The van der Waals surface area contributed by atoms with Crippen LogP contribution in [0, 0.1) is 0 Å². The van der Waals surface area contributed by atoms with E-state index in [2.05, 4.69) is 67.6 Å². The summed E-state index contributed by atoms with van der Waals surface area (Å²) in [7, 11) is 3.66. The standard InChI is InChI=1S/C34H62N9O6P.C12H15NO.C6H6.C5H10.C2H6.CH3NO.CH5N/c1-6-30(45)39-29-22-41(19-14-28-15-20-50-43(28)32(29)47)34(49)37-17-10-8-7-9-16-36-33(48)40(21-24(2)38-31(46)26(4)35-5)18-13-27-12-11-25(3)42(27)23-44;14-9-13-12-8-4-7-11(12)10-5-2-1-3-6-10;1-2-4-6-5-3-1;1-2-4-5-3-1;1-2;2-1-3;1-2/h23-29,35,50H,6-22H2,1-5H3,(H,36,48)(H,37,49)(H,38,46)(H,39,45);1-3,5-6,9,11-12H,4,7-8H2,(H,13,14);1-6H;1-5H2;1-2H3;1H,(H2,2,3);2H2,1H3/t24?,25?,26?,27-,28-,29-;;;;;;/m1....../s1. The van der Waals surface area contributed by atoms with Crippen molar-refractivity contribution in [1.29, 1.82) is 0 Å². The lowest BCUT2D eigenvalue weighted by molar-refractivity contribution is -0.134. The average Bonchev–Trinajstić information content (AvgIpc) is 4.41. The Morgan fingerprint density at radius 1 is 0.793 bits per heavy atom. The Kier molecular flexibility index (Phi) is 42.2. The van der Waals surface area contributed by atoms with Gasteiger partial charge in [0.1, 0.15) is 6.04 Å². The zero-order chi connectivity index (χ0) is 60.9. The Bertz CT molecular complexity index is 1990. The molecular formula is C61H107N12O8P. The molecule has 464 valence electrons. The fourth-order valence-corrected chi connectivity index (χ4v) is 12.0. The maximum Gasteiger partial charge on any atom is 0.317 e. The molecule has 3 aliphatic heterocycles. The SMILES string of the molecule is C1CCCC1.CC.CCC(=O)N[C@@H]1CN(C(=O)NCCCCCCNC(=O)N(CC[C@H]2CCC(C)N2C=O)CC(C)NC(=O)C(C)NC)CC[C@@H]2CCPN2C1=O.CN.NC=O.O=CNC1CCCC1c1ccccc1.c1ccccc1. The van der Waals surface area contributed by atoms with Crippen LogP contribution in [0.1, 0.15) is 169 Å². The highest BCUT2D eigenvalue weighted by Crippen LogP contribution is 2.36. The van der Waals surface area contributed by atoms with Gasteiger partial charge in [-0.1, -0.05) is 139 Å². The number of nitrogens with one attached hydrogen (secondary N) is 6. The first kappa shape index (κ1) is 74.2. The molecule has 0 aromatic heterocycles. The van der Waals surface area contributed by atoms with Gasteiger partial charge in [0.2, 0.25) is 37.0 Å². The number of nitrogens with zero attached hydrogens (tertiary/aromatic N) is 4. The first-order valence-electron chi connectivity index (χ1n) is 30.4. The van der Waals surface area contributed by atoms with Crippen LogP contribution >= 0.6 is 8.73 Å². The molecule has 2 aromatic rings. The van der Waals surface area contributed by atoms with Gasteiger partial charge in [-0.25, -0.2) is 9.59 Å². The smallest absolute Gasteiger partial charge is 0.317 e. The van der Waals surface area contributed by atoms with Crippen molar-refractivity contribution in [2.75, 3.05) is 59.5 Å². The van der Waals surface area contributed by atoms with E-state index in [0.717, 1.165) is 76.8 Å². The van der Waals surface area contributed by atoms with Crippen LogP contribution in [0.2, 0.25) is 0 Å². The topological polar surface area (TPSA) is 274 Å². The van der Waals surface area contributed by atoms with E-state index >= 15 is 0 Å². The molecule has 82 heavy (non-hydrogen) atoms. The molecule has 2 aliphatic carbocycles. The van der Waals surface area contributed by atoms with E-state index < -0.39 is 6.04 Å². The molecule has 10 amide bonds. The predicted octanol–water partition coefficient (Wildman–Crippen LogP) is 6.98. The molecule has 2 aromatic carbocycles. The summed E-state index contributed by atoms with van der Waals surface area (Å²) in [4.78, 5) is 100.0. The van der Waals surface area contributed by atoms with E-state index in [0.29, 0.717) is 59.8 Å². The Balaban J connectivity index is 0.000000836. The van der Waals surface area contributed by atoms with Crippen LogP contribution in [0.15, 0.2) is 66.7 Å². The molecule has 20 nitrogen and oxygen atoms in total. The number of carbonyl (C=O) groups excluding carboxylic acids is 8. The molecule has 0 radical (unpaired) electrons. The van der Waals surface area contributed by atoms with Crippen LogP contribution in [0.5, 0.6) is 0 Å². The van der Waals surface area contributed by atoms with Crippen LogP contribution in [-0.2, 0) is 28.8 Å². The van der Waals surface area contributed by atoms with Gasteiger partial charge < -0.3 is 62.7 Å². The zero-order valence-corrected chi connectivity index (χ0v) is 52.1. The van der Waals surface area contributed by atoms with Gasteiger partial charge >= 0.3 is 12.1 Å². The van der Waals surface area contributed by atoms with Crippen LogP contribution in [0.25, 0.3) is 0 Å². The Labute approximate surface area is 494 Å². The van der Waals surface area contributed by atoms with E-state index in [9.17, 15) is 33.6 Å². The Hall–Kier alpha value is -5.85. The number of nitrogens with two attached hydrogens (primary N) is 2. The number of amides is 10. The minimum atomic E-state index is -0.728. The van der Waals surface area contributed by atoms with Crippen molar-refractivity contribution in [2.45, 2.75) is 205 Å². The number of hydrogen-bond donors (Lipinski definition) is 8. The third kappa shape index (κ3) is 29.4. The summed E-state index contributed by atoms with van der Waals surface area (Å²) >= 11 is 0. The molecule has 5 aliphatic rings. The van der Waals surface area contributed by atoms with Crippen molar-refractivity contribution >= 4 is 57.7 Å².